The highest BCUT2D eigenvalue weighted by Crippen LogP contribution is 2.34. The number of amides is 1. The second-order valence-corrected chi connectivity index (χ2v) is 7.61. The summed E-state index contributed by atoms with van der Waals surface area (Å²) in [6.07, 6.45) is 3.50. The van der Waals surface area contributed by atoms with Crippen LogP contribution < -0.4 is 0 Å². The summed E-state index contributed by atoms with van der Waals surface area (Å²) in [5, 5.41) is 0. The standard InChI is InChI=1S/C19H28N2O2/c1-19(2,3)23-18(22)21-13-11-20(12-14-21)17-10-6-8-15-7-4-5-9-16(15)17/h4-5,7,9,17H,6,8,10-14H2,1-3H3/t17-/m0/s1. The van der Waals surface area contributed by atoms with Crippen LogP contribution in [0, 0.1) is 0 Å². The molecule has 0 bridgehead atoms. The molecule has 1 aliphatic heterocycles. The molecule has 1 aromatic carbocycles. The smallest absolute Gasteiger partial charge is 0.410 e. The lowest BCUT2D eigenvalue weighted by Gasteiger charge is -2.41. The minimum atomic E-state index is -0.420. The van der Waals surface area contributed by atoms with Crippen molar-refractivity contribution < 1.29 is 9.53 Å². The van der Waals surface area contributed by atoms with E-state index >= 15 is 0 Å². The van der Waals surface area contributed by atoms with E-state index in [0.29, 0.717) is 6.04 Å². The van der Waals surface area contributed by atoms with Crippen molar-refractivity contribution in [1.29, 1.82) is 0 Å². The van der Waals surface area contributed by atoms with Gasteiger partial charge in [-0.25, -0.2) is 4.79 Å². The van der Waals surface area contributed by atoms with E-state index in [2.05, 4.69) is 29.2 Å². The highest BCUT2D eigenvalue weighted by atomic mass is 16.6. The molecule has 1 aliphatic carbocycles. The van der Waals surface area contributed by atoms with Crippen LogP contribution in [0.15, 0.2) is 24.3 Å². The largest absolute Gasteiger partial charge is 0.444 e. The van der Waals surface area contributed by atoms with Crippen LogP contribution >= 0.6 is 0 Å². The van der Waals surface area contributed by atoms with Crippen LogP contribution in [0.1, 0.15) is 50.8 Å². The van der Waals surface area contributed by atoms with Gasteiger partial charge in [0.1, 0.15) is 5.60 Å². The van der Waals surface area contributed by atoms with Crippen molar-refractivity contribution in [3.63, 3.8) is 0 Å². The Morgan fingerprint density at radius 1 is 1.13 bits per heavy atom. The highest BCUT2D eigenvalue weighted by Gasteiger charge is 2.31. The third-order valence-electron chi connectivity index (χ3n) is 4.74. The minimum absolute atomic E-state index is 0.179. The molecular formula is C19H28N2O2. The van der Waals surface area contributed by atoms with Crippen LogP contribution in [0.5, 0.6) is 0 Å². The van der Waals surface area contributed by atoms with Gasteiger partial charge in [0.2, 0.25) is 0 Å². The first-order chi connectivity index (χ1) is 10.9. The van der Waals surface area contributed by atoms with E-state index in [1.807, 2.05) is 25.7 Å². The van der Waals surface area contributed by atoms with Crippen molar-refractivity contribution in [2.24, 2.45) is 0 Å². The second kappa shape index (κ2) is 6.52. The molecule has 1 atom stereocenters. The van der Waals surface area contributed by atoms with Gasteiger partial charge in [0.25, 0.3) is 0 Å². The summed E-state index contributed by atoms with van der Waals surface area (Å²) in [5.41, 5.74) is 2.57. The van der Waals surface area contributed by atoms with Crippen LogP contribution in [0.3, 0.4) is 0 Å². The molecular weight excluding hydrogens is 288 g/mol. The Bertz CT molecular complexity index is 557. The molecule has 3 rings (SSSR count). The van der Waals surface area contributed by atoms with E-state index in [1.54, 1.807) is 0 Å². The Morgan fingerprint density at radius 2 is 1.83 bits per heavy atom. The van der Waals surface area contributed by atoms with E-state index in [-0.39, 0.29) is 6.09 Å². The molecule has 1 saturated heterocycles. The minimum Gasteiger partial charge on any atom is -0.444 e. The molecule has 23 heavy (non-hydrogen) atoms. The number of piperazine rings is 1. The quantitative estimate of drug-likeness (QED) is 0.793. The number of ether oxygens (including phenoxy) is 1. The molecule has 1 amide bonds. The van der Waals surface area contributed by atoms with Gasteiger partial charge in [0, 0.05) is 32.2 Å². The van der Waals surface area contributed by atoms with E-state index < -0.39 is 5.60 Å². The second-order valence-electron chi connectivity index (χ2n) is 7.61. The van der Waals surface area contributed by atoms with Crippen molar-refractivity contribution in [3.8, 4) is 0 Å². The lowest BCUT2D eigenvalue weighted by molar-refractivity contribution is 0.00927. The van der Waals surface area contributed by atoms with Crippen LogP contribution in [0.4, 0.5) is 4.79 Å². The van der Waals surface area contributed by atoms with Crippen LogP contribution in [-0.2, 0) is 11.2 Å². The normalized spacial score (nSPS) is 22.6. The lowest BCUT2D eigenvalue weighted by atomic mass is 9.86. The van der Waals surface area contributed by atoms with Crippen molar-refractivity contribution in [3.05, 3.63) is 35.4 Å². The predicted molar refractivity (Wildman–Crippen MR) is 91.5 cm³/mol. The molecule has 0 aromatic heterocycles. The number of carbonyl (C=O) groups is 1. The lowest BCUT2D eigenvalue weighted by Crippen LogP contribution is -2.51. The fraction of sp³-hybridized carbons (Fsp3) is 0.632. The molecule has 1 heterocycles. The van der Waals surface area contributed by atoms with Gasteiger partial charge in [0.05, 0.1) is 0 Å². The van der Waals surface area contributed by atoms with E-state index in [9.17, 15) is 4.79 Å². The van der Waals surface area contributed by atoms with Gasteiger partial charge < -0.3 is 9.64 Å². The monoisotopic (exact) mass is 316 g/mol. The molecule has 0 saturated carbocycles. The van der Waals surface area contributed by atoms with Gasteiger partial charge in [-0.2, -0.15) is 0 Å². The first kappa shape index (κ1) is 16.3. The highest BCUT2D eigenvalue weighted by molar-refractivity contribution is 5.68. The zero-order valence-electron chi connectivity index (χ0n) is 14.5. The fourth-order valence-corrected chi connectivity index (χ4v) is 3.65. The first-order valence-corrected chi connectivity index (χ1v) is 8.74. The van der Waals surface area contributed by atoms with Crippen LogP contribution in [0.2, 0.25) is 0 Å². The molecule has 1 fully saturated rings. The van der Waals surface area contributed by atoms with Gasteiger partial charge in [0.15, 0.2) is 0 Å². The summed E-state index contributed by atoms with van der Waals surface area (Å²) < 4.78 is 5.48. The summed E-state index contributed by atoms with van der Waals surface area (Å²) in [6, 6.07) is 9.34. The zero-order chi connectivity index (χ0) is 16.4. The van der Waals surface area contributed by atoms with Gasteiger partial charge in [-0.1, -0.05) is 24.3 Å². The SMILES string of the molecule is CC(C)(C)OC(=O)N1CCN([C@H]2CCCc3ccccc32)CC1. The number of nitrogens with zero attached hydrogens (tertiary/aromatic N) is 2. The summed E-state index contributed by atoms with van der Waals surface area (Å²) in [6.45, 7) is 9.12. The third-order valence-corrected chi connectivity index (χ3v) is 4.74. The van der Waals surface area contributed by atoms with Gasteiger partial charge in [-0.15, -0.1) is 0 Å². The molecule has 0 spiro atoms. The molecule has 126 valence electrons. The van der Waals surface area contributed by atoms with Crippen LogP contribution in [-0.4, -0.2) is 47.7 Å². The molecule has 1 aromatic rings. The summed E-state index contributed by atoms with van der Waals surface area (Å²) in [5.74, 6) is 0. The summed E-state index contributed by atoms with van der Waals surface area (Å²) in [7, 11) is 0. The first-order valence-electron chi connectivity index (χ1n) is 8.74. The average Bonchev–Trinajstić information content (AvgIpc) is 2.53. The molecule has 0 radical (unpaired) electrons. The number of fused-ring (bicyclic) bond motifs is 1. The maximum absolute atomic E-state index is 12.2. The Labute approximate surface area is 139 Å². The average molecular weight is 316 g/mol. The molecule has 0 unspecified atom stereocenters. The number of rotatable bonds is 1. The molecule has 2 aliphatic rings. The molecule has 4 heteroatoms. The van der Waals surface area contributed by atoms with Gasteiger partial charge in [-0.05, 0) is 51.2 Å². The number of carbonyl (C=O) groups excluding carboxylic acids is 1. The Morgan fingerprint density at radius 3 is 2.52 bits per heavy atom. The van der Waals surface area contributed by atoms with Crippen molar-refractivity contribution in [1.82, 2.24) is 9.80 Å². The Hall–Kier alpha value is -1.55. The van der Waals surface area contributed by atoms with Crippen molar-refractivity contribution in [2.45, 2.75) is 51.7 Å². The molecule has 0 N–H and O–H groups in total. The zero-order valence-corrected chi connectivity index (χ0v) is 14.5. The summed E-state index contributed by atoms with van der Waals surface area (Å²) >= 11 is 0. The number of aryl methyl sites for hydroxylation is 1. The maximum Gasteiger partial charge on any atom is 0.410 e. The maximum atomic E-state index is 12.2. The molecule has 4 nitrogen and oxygen atoms in total. The van der Waals surface area contributed by atoms with Crippen LogP contribution in [0.25, 0.3) is 0 Å². The number of hydrogen-bond acceptors (Lipinski definition) is 3. The number of benzene rings is 1. The third kappa shape index (κ3) is 3.86. The van der Waals surface area contributed by atoms with Gasteiger partial charge >= 0.3 is 6.09 Å². The summed E-state index contributed by atoms with van der Waals surface area (Å²) in [4.78, 5) is 16.6. The van der Waals surface area contributed by atoms with E-state index in [1.165, 1.54) is 30.4 Å². The fourth-order valence-electron chi connectivity index (χ4n) is 3.65. The predicted octanol–water partition coefficient (Wildman–Crippen LogP) is 3.62. The van der Waals surface area contributed by atoms with Gasteiger partial charge in [-0.3, -0.25) is 4.90 Å². The van der Waals surface area contributed by atoms with Crippen molar-refractivity contribution >= 4 is 6.09 Å². The van der Waals surface area contributed by atoms with Crippen molar-refractivity contribution in [2.75, 3.05) is 26.2 Å². The Balaban J connectivity index is 1.61. The number of hydrogen-bond donors (Lipinski definition) is 0. The van der Waals surface area contributed by atoms with E-state index in [0.717, 1.165) is 26.2 Å². The Kier molecular flexibility index (Phi) is 4.62. The van der Waals surface area contributed by atoms with E-state index in [4.69, 9.17) is 4.74 Å². The topological polar surface area (TPSA) is 32.8 Å².